The first-order valence-electron chi connectivity index (χ1n) is 3.67. The summed E-state index contributed by atoms with van der Waals surface area (Å²) in [5, 5.41) is 11.0. The van der Waals surface area contributed by atoms with Crippen molar-refractivity contribution in [3.8, 4) is 5.75 Å². The van der Waals surface area contributed by atoms with Gasteiger partial charge in [0.15, 0.2) is 0 Å². The fourth-order valence-electron chi connectivity index (χ4n) is 1.16. The SMILES string of the molecule is Cc1cc2cncc(O)c2cn1. The third kappa shape index (κ3) is 0.993. The maximum atomic E-state index is 9.36. The van der Waals surface area contributed by atoms with Gasteiger partial charge in [0, 0.05) is 28.9 Å². The summed E-state index contributed by atoms with van der Waals surface area (Å²) < 4.78 is 0. The number of hydrogen-bond donors (Lipinski definition) is 1. The van der Waals surface area contributed by atoms with Crippen molar-refractivity contribution < 1.29 is 5.11 Å². The molecule has 2 rings (SSSR count). The normalized spacial score (nSPS) is 10.4. The molecule has 0 saturated heterocycles. The monoisotopic (exact) mass is 160 g/mol. The summed E-state index contributed by atoms with van der Waals surface area (Å²) in [6.45, 7) is 1.91. The van der Waals surface area contributed by atoms with Crippen molar-refractivity contribution in [2.45, 2.75) is 6.92 Å². The van der Waals surface area contributed by atoms with Gasteiger partial charge < -0.3 is 5.11 Å². The molecule has 3 heteroatoms. The molecule has 0 radical (unpaired) electrons. The molecule has 12 heavy (non-hydrogen) atoms. The first-order chi connectivity index (χ1) is 5.77. The van der Waals surface area contributed by atoms with E-state index in [1.165, 1.54) is 6.20 Å². The highest BCUT2D eigenvalue weighted by atomic mass is 16.3. The van der Waals surface area contributed by atoms with Crippen molar-refractivity contribution in [2.24, 2.45) is 0 Å². The van der Waals surface area contributed by atoms with Crippen LogP contribution in [0.4, 0.5) is 0 Å². The molecule has 2 aromatic rings. The standard InChI is InChI=1S/C9H8N2O/c1-6-2-7-3-10-5-9(12)8(7)4-11-6/h2-5,12H,1H3. The van der Waals surface area contributed by atoms with E-state index in [9.17, 15) is 5.11 Å². The van der Waals surface area contributed by atoms with Gasteiger partial charge in [-0.15, -0.1) is 0 Å². The number of aryl methyl sites for hydroxylation is 1. The second kappa shape index (κ2) is 2.44. The Hall–Kier alpha value is -1.64. The summed E-state index contributed by atoms with van der Waals surface area (Å²) in [6, 6.07) is 1.89. The fraction of sp³-hybridized carbons (Fsp3) is 0.111. The van der Waals surface area contributed by atoms with Crippen molar-refractivity contribution in [2.75, 3.05) is 0 Å². The number of aromatic hydroxyl groups is 1. The molecule has 1 N–H and O–H groups in total. The largest absolute Gasteiger partial charge is 0.506 e. The van der Waals surface area contributed by atoms with Crippen LogP contribution in [0.15, 0.2) is 24.7 Å². The summed E-state index contributed by atoms with van der Waals surface area (Å²) >= 11 is 0. The zero-order valence-corrected chi connectivity index (χ0v) is 6.65. The number of nitrogens with zero attached hydrogens (tertiary/aromatic N) is 2. The lowest BCUT2D eigenvalue weighted by Crippen LogP contribution is -1.82. The minimum Gasteiger partial charge on any atom is -0.506 e. The average molecular weight is 160 g/mol. The Morgan fingerprint density at radius 3 is 2.92 bits per heavy atom. The molecule has 0 unspecified atom stereocenters. The molecule has 3 nitrogen and oxygen atoms in total. The van der Waals surface area contributed by atoms with E-state index in [0.29, 0.717) is 0 Å². The molecular weight excluding hydrogens is 152 g/mol. The summed E-state index contributed by atoms with van der Waals surface area (Å²) in [4.78, 5) is 7.96. The van der Waals surface area contributed by atoms with Gasteiger partial charge in [-0.25, -0.2) is 0 Å². The lowest BCUT2D eigenvalue weighted by molar-refractivity contribution is 0.479. The molecule has 0 bridgehead atoms. The molecule has 0 spiro atoms. The highest BCUT2D eigenvalue weighted by molar-refractivity contribution is 5.86. The Balaban J connectivity index is 2.86. The van der Waals surface area contributed by atoms with Gasteiger partial charge in [0.1, 0.15) is 5.75 Å². The minimum atomic E-state index is 0.181. The fourth-order valence-corrected chi connectivity index (χ4v) is 1.16. The van der Waals surface area contributed by atoms with E-state index in [2.05, 4.69) is 9.97 Å². The molecule has 0 saturated carbocycles. The summed E-state index contributed by atoms with van der Waals surface area (Å²) in [7, 11) is 0. The number of fused-ring (bicyclic) bond motifs is 1. The highest BCUT2D eigenvalue weighted by Gasteiger charge is 1.99. The first-order valence-corrected chi connectivity index (χ1v) is 3.67. The van der Waals surface area contributed by atoms with Crippen molar-refractivity contribution in [3.63, 3.8) is 0 Å². The van der Waals surface area contributed by atoms with Crippen LogP contribution in [0.1, 0.15) is 5.69 Å². The van der Waals surface area contributed by atoms with E-state index >= 15 is 0 Å². The zero-order valence-electron chi connectivity index (χ0n) is 6.65. The lowest BCUT2D eigenvalue weighted by Gasteiger charge is -1.99. The van der Waals surface area contributed by atoms with Crippen LogP contribution >= 0.6 is 0 Å². The van der Waals surface area contributed by atoms with E-state index in [4.69, 9.17) is 0 Å². The Kier molecular flexibility index (Phi) is 1.43. The van der Waals surface area contributed by atoms with Crippen LogP contribution in [0.25, 0.3) is 10.8 Å². The van der Waals surface area contributed by atoms with Crippen LogP contribution in [-0.2, 0) is 0 Å². The van der Waals surface area contributed by atoms with Gasteiger partial charge in [-0.2, -0.15) is 0 Å². The third-order valence-electron chi connectivity index (χ3n) is 1.76. The maximum Gasteiger partial charge on any atom is 0.143 e. The van der Waals surface area contributed by atoms with Crippen molar-refractivity contribution in [3.05, 3.63) is 30.4 Å². The third-order valence-corrected chi connectivity index (χ3v) is 1.76. The molecule has 0 aromatic carbocycles. The van der Waals surface area contributed by atoms with Crippen LogP contribution in [-0.4, -0.2) is 15.1 Å². The van der Waals surface area contributed by atoms with Gasteiger partial charge in [-0.1, -0.05) is 0 Å². The molecule has 0 aliphatic carbocycles. The predicted molar refractivity (Wildman–Crippen MR) is 45.9 cm³/mol. The molecule has 60 valence electrons. The number of pyridine rings is 2. The quantitative estimate of drug-likeness (QED) is 0.637. The van der Waals surface area contributed by atoms with Crippen LogP contribution in [0, 0.1) is 6.92 Å². The van der Waals surface area contributed by atoms with Crippen molar-refractivity contribution in [1.29, 1.82) is 0 Å². The Morgan fingerprint density at radius 2 is 2.08 bits per heavy atom. The zero-order chi connectivity index (χ0) is 8.55. The average Bonchev–Trinajstić information content (AvgIpc) is 2.04. The summed E-state index contributed by atoms with van der Waals surface area (Å²) in [5.74, 6) is 0.181. The van der Waals surface area contributed by atoms with E-state index in [0.717, 1.165) is 16.5 Å². The summed E-state index contributed by atoms with van der Waals surface area (Å²) in [5.41, 5.74) is 0.926. The van der Waals surface area contributed by atoms with E-state index in [-0.39, 0.29) is 5.75 Å². The molecule has 0 fully saturated rings. The van der Waals surface area contributed by atoms with Crippen LogP contribution < -0.4 is 0 Å². The molecule has 0 amide bonds. The molecule has 0 atom stereocenters. The van der Waals surface area contributed by atoms with Crippen LogP contribution in [0.5, 0.6) is 5.75 Å². The van der Waals surface area contributed by atoms with Crippen molar-refractivity contribution >= 4 is 10.8 Å². The number of hydrogen-bond acceptors (Lipinski definition) is 3. The first kappa shape index (κ1) is 7.03. The Morgan fingerprint density at radius 1 is 1.25 bits per heavy atom. The lowest BCUT2D eigenvalue weighted by atomic mass is 10.2. The minimum absolute atomic E-state index is 0.181. The van der Waals surface area contributed by atoms with Gasteiger partial charge in [-0.05, 0) is 13.0 Å². The topological polar surface area (TPSA) is 46.0 Å². The molecule has 0 aliphatic heterocycles. The van der Waals surface area contributed by atoms with E-state index in [1.54, 1.807) is 12.4 Å². The Bertz CT molecular complexity index is 426. The molecule has 0 aliphatic rings. The van der Waals surface area contributed by atoms with Gasteiger partial charge >= 0.3 is 0 Å². The van der Waals surface area contributed by atoms with E-state index in [1.807, 2.05) is 13.0 Å². The summed E-state index contributed by atoms with van der Waals surface area (Å²) in [6.07, 6.45) is 4.78. The van der Waals surface area contributed by atoms with Gasteiger partial charge in [0.25, 0.3) is 0 Å². The number of rotatable bonds is 0. The van der Waals surface area contributed by atoms with Gasteiger partial charge in [-0.3, -0.25) is 9.97 Å². The predicted octanol–water partition coefficient (Wildman–Crippen LogP) is 1.64. The Labute approximate surface area is 69.7 Å². The van der Waals surface area contributed by atoms with E-state index < -0.39 is 0 Å². The number of aromatic nitrogens is 2. The maximum absolute atomic E-state index is 9.36. The van der Waals surface area contributed by atoms with Gasteiger partial charge in [0.2, 0.25) is 0 Å². The second-order valence-electron chi connectivity index (χ2n) is 2.71. The van der Waals surface area contributed by atoms with Crippen LogP contribution in [0.3, 0.4) is 0 Å². The van der Waals surface area contributed by atoms with Crippen molar-refractivity contribution in [1.82, 2.24) is 9.97 Å². The smallest absolute Gasteiger partial charge is 0.143 e. The molecule has 2 aromatic heterocycles. The molecule has 2 heterocycles. The van der Waals surface area contributed by atoms with Gasteiger partial charge in [0.05, 0.1) is 6.20 Å². The van der Waals surface area contributed by atoms with Crippen LogP contribution in [0.2, 0.25) is 0 Å². The second-order valence-corrected chi connectivity index (χ2v) is 2.71. The molecular formula is C9H8N2O. The highest BCUT2D eigenvalue weighted by Crippen LogP contribution is 2.21.